The Bertz CT molecular complexity index is 171. The molecule has 2 N–H and O–H groups in total. The quantitative estimate of drug-likeness (QED) is 0.297. The zero-order valence-corrected chi connectivity index (χ0v) is 8.17. The lowest BCUT2D eigenvalue weighted by Crippen LogP contribution is -2.33. The van der Waals surface area contributed by atoms with Gasteiger partial charge in [0, 0.05) is 18.4 Å². The van der Waals surface area contributed by atoms with E-state index in [0.29, 0.717) is 0 Å². The molecule has 8 heteroatoms. The lowest BCUT2D eigenvalue weighted by atomic mass is 10.3. The number of hydrogen-bond acceptors (Lipinski definition) is 5. The lowest BCUT2D eigenvalue weighted by molar-refractivity contribution is -0.742. The van der Waals surface area contributed by atoms with E-state index in [1.807, 2.05) is 0 Å². The van der Waals surface area contributed by atoms with Crippen molar-refractivity contribution >= 4 is 0 Å². The number of nitro groups is 1. The summed E-state index contributed by atoms with van der Waals surface area (Å²) >= 11 is 0. The highest BCUT2D eigenvalue weighted by Gasteiger charge is 2.08. The van der Waals surface area contributed by atoms with Crippen molar-refractivity contribution in [2.75, 3.05) is 6.54 Å². The third-order valence-corrected chi connectivity index (χ3v) is 1.29. The molecular weight excluding hydrogens is 194 g/mol. The molecule has 0 heterocycles. The predicted octanol–water partition coefficient (Wildman–Crippen LogP) is 0.651. The number of hydrogen-bond donors (Lipinski definition) is 2. The number of rotatable bonds is 5. The minimum absolute atomic E-state index is 0.324. The molecule has 0 radical (unpaired) electrons. The molecule has 84 valence electrons. The van der Waals surface area contributed by atoms with E-state index in [1.165, 1.54) is 0 Å². The van der Waals surface area contributed by atoms with E-state index >= 15 is 0 Å². The first-order valence-corrected chi connectivity index (χ1v) is 4.12. The molecule has 1 atom stereocenters. The van der Waals surface area contributed by atoms with E-state index in [9.17, 15) is 10.1 Å². The molecule has 0 amide bonds. The average molecular weight is 209 g/mol. The van der Waals surface area contributed by atoms with Crippen molar-refractivity contribution in [3.05, 3.63) is 20.2 Å². The van der Waals surface area contributed by atoms with Gasteiger partial charge in [0.1, 0.15) is 0 Å². The van der Waals surface area contributed by atoms with Crippen LogP contribution in [0.1, 0.15) is 26.7 Å². The standard InChI is InChI=1S/C6H14N2O2.HNO3/c1-3-4-5-7-6(2)8(9)10;2-1(3)4/h6-7H,3-5H2,1-2H3;(H,2,3,4). The molecule has 0 bridgehead atoms. The van der Waals surface area contributed by atoms with Crippen molar-refractivity contribution in [1.29, 1.82) is 0 Å². The fourth-order valence-electron chi connectivity index (χ4n) is 0.562. The third kappa shape index (κ3) is 16.9. The topological polar surface area (TPSA) is 119 Å². The van der Waals surface area contributed by atoms with Gasteiger partial charge in [-0.3, -0.25) is 15.4 Å². The molecule has 0 aromatic rings. The molecule has 0 aliphatic heterocycles. The van der Waals surface area contributed by atoms with Gasteiger partial charge in [0.2, 0.25) is 0 Å². The van der Waals surface area contributed by atoms with Crippen molar-refractivity contribution in [1.82, 2.24) is 5.32 Å². The predicted molar refractivity (Wildman–Crippen MR) is 48.1 cm³/mol. The van der Waals surface area contributed by atoms with Gasteiger partial charge in [0.25, 0.3) is 11.3 Å². The molecule has 0 aromatic heterocycles. The van der Waals surface area contributed by atoms with Crippen LogP contribution in [0, 0.1) is 20.2 Å². The molecule has 0 fully saturated rings. The Morgan fingerprint density at radius 1 is 1.43 bits per heavy atom. The molecular formula is C6H15N3O5. The summed E-state index contributed by atoms with van der Waals surface area (Å²) < 4.78 is 0. The first kappa shape index (κ1) is 15.1. The maximum atomic E-state index is 10.0. The fourth-order valence-corrected chi connectivity index (χ4v) is 0.562. The minimum Gasteiger partial charge on any atom is -0.328 e. The lowest BCUT2D eigenvalue weighted by Gasteiger charge is -2.04. The summed E-state index contributed by atoms with van der Waals surface area (Å²) in [6, 6.07) is 0. The Hall–Kier alpha value is -1.44. The second-order valence-corrected chi connectivity index (χ2v) is 2.51. The monoisotopic (exact) mass is 209 g/mol. The van der Waals surface area contributed by atoms with Crippen molar-refractivity contribution in [2.45, 2.75) is 32.9 Å². The summed E-state index contributed by atoms with van der Waals surface area (Å²) in [4.78, 5) is 18.1. The van der Waals surface area contributed by atoms with Crippen molar-refractivity contribution < 1.29 is 15.2 Å². The Labute approximate surface area is 81.2 Å². The maximum absolute atomic E-state index is 10.0. The summed E-state index contributed by atoms with van der Waals surface area (Å²) in [5.41, 5.74) is 0. The fraction of sp³-hybridized carbons (Fsp3) is 1.00. The van der Waals surface area contributed by atoms with Gasteiger partial charge in [-0.05, 0) is 6.42 Å². The summed E-state index contributed by atoms with van der Waals surface area (Å²) in [6.45, 7) is 4.34. The second kappa shape index (κ2) is 9.65. The van der Waals surface area contributed by atoms with Gasteiger partial charge >= 0.3 is 0 Å². The highest BCUT2D eigenvalue weighted by Crippen LogP contribution is 1.86. The zero-order chi connectivity index (χ0) is 11.6. The van der Waals surface area contributed by atoms with Crippen molar-refractivity contribution in [3.8, 4) is 0 Å². The Balaban J connectivity index is 0. The largest absolute Gasteiger partial charge is 0.328 e. The summed E-state index contributed by atoms with van der Waals surface area (Å²) in [7, 11) is 0. The van der Waals surface area contributed by atoms with Crippen LogP contribution < -0.4 is 5.32 Å². The number of unbranched alkanes of at least 4 members (excludes halogenated alkanes) is 1. The van der Waals surface area contributed by atoms with Gasteiger partial charge < -0.3 is 5.21 Å². The van der Waals surface area contributed by atoms with E-state index in [2.05, 4.69) is 12.2 Å². The van der Waals surface area contributed by atoms with Gasteiger partial charge in [0.05, 0.1) is 0 Å². The molecule has 0 saturated carbocycles. The Morgan fingerprint density at radius 2 is 1.86 bits per heavy atom. The highest BCUT2D eigenvalue weighted by atomic mass is 16.9. The van der Waals surface area contributed by atoms with Crippen LogP contribution in [0.15, 0.2) is 0 Å². The van der Waals surface area contributed by atoms with Crippen LogP contribution in [0.5, 0.6) is 0 Å². The first-order chi connectivity index (χ1) is 6.41. The van der Waals surface area contributed by atoms with Gasteiger partial charge in [-0.2, -0.15) is 0 Å². The zero-order valence-electron chi connectivity index (χ0n) is 8.17. The van der Waals surface area contributed by atoms with Crippen molar-refractivity contribution in [2.24, 2.45) is 0 Å². The highest BCUT2D eigenvalue weighted by molar-refractivity contribution is 4.46. The van der Waals surface area contributed by atoms with Crippen LogP contribution in [0.2, 0.25) is 0 Å². The molecule has 0 aromatic carbocycles. The third-order valence-electron chi connectivity index (χ3n) is 1.29. The van der Waals surface area contributed by atoms with Crippen LogP contribution in [0.4, 0.5) is 0 Å². The molecule has 1 unspecified atom stereocenters. The van der Waals surface area contributed by atoms with E-state index in [0.717, 1.165) is 19.4 Å². The number of nitrogens with zero attached hydrogens (tertiary/aromatic N) is 2. The van der Waals surface area contributed by atoms with Gasteiger partial charge in [-0.15, -0.1) is 10.1 Å². The van der Waals surface area contributed by atoms with Gasteiger partial charge in [-0.25, -0.2) is 0 Å². The van der Waals surface area contributed by atoms with Crippen LogP contribution in [-0.4, -0.2) is 27.9 Å². The number of nitrogens with one attached hydrogen (secondary N) is 1. The molecule has 0 aliphatic rings. The molecule has 0 rings (SSSR count). The normalized spacial score (nSPS) is 11.0. The molecule has 0 saturated heterocycles. The molecule has 0 aliphatic carbocycles. The minimum atomic E-state index is -1.50. The summed E-state index contributed by atoms with van der Waals surface area (Å²) in [5, 5.41) is 26.5. The van der Waals surface area contributed by atoms with Crippen molar-refractivity contribution in [3.63, 3.8) is 0 Å². The van der Waals surface area contributed by atoms with Gasteiger partial charge in [-0.1, -0.05) is 13.3 Å². The maximum Gasteiger partial charge on any atom is 0.291 e. The van der Waals surface area contributed by atoms with Crippen LogP contribution in [-0.2, 0) is 0 Å². The Kier molecular flexibility index (Phi) is 10.4. The van der Waals surface area contributed by atoms with Gasteiger partial charge in [0.15, 0.2) is 0 Å². The van der Waals surface area contributed by atoms with E-state index < -0.39 is 11.3 Å². The molecule has 8 nitrogen and oxygen atoms in total. The van der Waals surface area contributed by atoms with E-state index in [-0.39, 0.29) is 4.92 Å². The molecule has 14 heavy (non-hydrogen) atoms. The molecule has 0 spiro atoms. The Morgan fingerprint density at radius 3 is 2.14 bits per heavy atom. The smallest absolute Gasteiger partial charge is 0.291 e. The summed E-state index contributed by atoms with van der Waals surface area (Å²) in [5.74, 6) is 0. The second-order valence-electron chi connectivity index (χ2n) is 2.51. The first-order valence-electron chi connectivity index (χ1n) is 4.12. The van der Waals surface area contributed by atoms with Crippen LogP contribution in [0.25, 0.3) is 0 Å². The van der Waals surface area contributed by atoms with Crippen LogP contribution >= 0.6 is 0 Å². The SMILES string of the molecule is CCCCNC(C)[N+](=O)[O-].O=[N+]([O-])O. The van der Waals surface area contributed by atoms with Crippen LogP contribution in [0.3, 0.4) is 0 Å². The summed E-state index contributed by atoms with van der Waals surface area (Å²) in [6.07, 6.45) is 1.46. The van der Waals surface area contributed by atoms with E-state index in [4.69, 9.17) is 15.3 Å². The average Bonchev–Trinajstić information content (AvgIpc) is 2.03. The van der Waals surface area contributed by atoms with E-state index in [1.54, 1.807) is 6.92 Å².